The van der Waals surface area contributed by atoms with E-state index in [0.717, 1.165) is 17.4 Å². The Balaban J connectivity index is 1.73. The number of aryl methyl sites for hydroxylation is 1. The van der Waals surface area contributed by atoms with E-state index >= 15 is 0 Å². The van der Waals surface area contributed by atoms with Gasteiger partial charge in [-0.3, -0.25) is 13.9 Å². The molecule has 0 spiro atoms. The van der Waals surface area contributed by atoms with E-state index in [9.17, 15) is 18.0 Å². The second kappa shape index (κ2) is 11.4. The Morgan fingerprint density at radius 1 is 1.11 bits per heavy atom. The molecule has 0 bridgehead atoms. The first-order valence-corrected chi connectivity index (χ1v) is 13.5. The van der Waals surface area contributed by atoms with Gasteiger partial charge in [0.1, 0.15) is 6.04 Å². The van der Waals surface area contributed by atoms with Crippen LogP contribution >= 0.6 is 0 Å². The summed E-state index contributed by atoms with van der Waals surface area (Å²) in [6.45, 7) is 6.45. The van der Waals surface area contributed by atoms with E-state index in [-0.39, 0.29) is 38.0 Å². The average Bonchev–Trinajstić information content (AvgIpc) is 3.28. The van der Waals surface area contributed by atoms with Crippen molar-refractivity contribution >= 4 is 27.5 Å². The minimum Gasteiger partial charge on any atom is -0.454 e. The summed E-state index contributed by atoms with van der Waals surface area (Å²) < 4.78 is 36.9. The SMILES string of the molecule is CCNC(=O)[C@@H](C)N(Cc1ccccc1C)C(=O)CCCN(c1ccc2c(c1)OCO2)S(C)(=O)=O. The van der Waals surface area contributed by atoms with Gasteiger partial charge in [0.2, 0.25) is 28.6 Å². The number of carbonyl (C=O) groups excluding carboxylic acids is 2. The Kier molecular flexibility index (Phi) is 8.61. The summed E-state index contributed by atoms with van der Waals surface area (Å²) in [5, 5.41) is 2.77. The second-order valence-electron chi connectivity index (χ2n) is 8.49. The topological polar surface area (TPSA) is 105 Å². The average molecular weight is 504 g/mol. The smallest absolute Gasteiger partial charge is 0.242 e. The van der Waals surface area contributed by atoms with Crippen LogP contribution in [0, 0.1) is 6.92 Å². The maximum absolute atomic E-state index is 13.3. The van der Waals surface area contributed by atoms with Crippen molar-refractivity contribution in [3.05, 3.63) is 53.6 Å². The predicted octanol–water partition coefficient (Wildman–Crippen LogP) is 2.82. The Morgan fingerprint density at radius 3 is 2.51 bits per heavy atom. The van der Waals surface area contributed by atoms with Crippen LogP contribution in [-0.4, -0.2) is 57.3 Å². The lowest BCUT2D eigenvalue weighted by Crippen LogP contribution is -2.47. The molecule has 1 atom stereocenters. The maximum Gasteiger partial charge on any atom is 0.242 e. The number of ether oxygens (including phenoxy) is 2. The molecule has 35 heavy (non-hydrogen) atoms. The van der Waals surface area contributed by atoms with Gasteiger partial charge in [0.25, 0.3) is 0 Å². The molecule has 1 aliphatic heterocycles. The van der Waals surface area contributed by atoms with Gasteiger partial charge >= 0.3 is 0 Å². The minimum atomic E-state index is -3.60. The van der Waals surface area contributed by atoms with Crippen LogP contribution in [0.2, 0.25) is 0 Å². The molecule has 0 saturated heterocycles. The lowest BCUT2D eigenvalue weighted by atomic mass is 10.1. The summed E-state index contributed by atoms with van der Waals surface area (Å²) >= 11 is 0. The number of anilines is 1. The van der Waals surface area contributed by atoms with Gasteiger partial charge in [-0.25, -0.2) is 8.42 Å². The number of nitrogens with one attached hydrogen (secondary N) is 1. The summed E-state index contributed by atoms with van der Waals surface area (Å²) in [6.07, 6.45) is 1.50. The van der Waals surface area contributed by atoms with Gasteiger partial charge in [0.15, 0.2) is 11.5 Å². The van der Waals surface area contributed by atoms with E-state index in [4.69, 9.17) is 9.47 Å². The van der Waals surface area contributed by atoms with E-state index < -0.39 is 16.1 Å². The minimum absolute atomic E-state index is 0.0895. The van der Waals surface area contributed by atoms with Gasteiger partial charge in [-0.1, -0.05) is 24.3 Å². The quantitative estimate of drug-likeness (QED) is 0.506. The lowest BCUT2D eigenvalue weighted by Gasteiger charge is -2.30. The van der Waals surface area contributed by atoms with Gasteiger partial charge in [0.05, 0.1) is 11.9 Å². The summed E-state index contributed by atoms with van der Waals surface area (Å²) in [6, 6.07) is 12.0. The summed E-state index contributed by atoms with van der Waals surface area (Å²) in [5.74, 6) is 0.592. The molecule has 1 aliphatic rings. The van der Waals surface area contributed by atoms with Crippen LogP contribution in [-0.2, 0) is 26.2 Å². The monoisotopic (exact) mass is 503 g/mol. The Labute approximate surface area is 207 Å². The maximum atomic E-state index is 13.3. The van der Waals surface area contributed by atoms with Crippen molar-refractivity contribution in [3.8, 4) is 11.5 Å². The molecule has 0 fully saturated rings. The van der Waals surface area contributed by atoms with Crippen molar-refractivity contribution in [1.82, 2.24) is 10.2 Å². The summed E-state index contributed by atoms with van der Waals surface area (Å²) in [7, 11) is -3.60. The Hall–Kier alpha value is -3.27. The zero-order chi connectivity index (χ0) is 25.6. The largest absolute Gasteiger partial charge is 0.454 e. The molecule has 0 radical (unpaired) electrons. The zero-order valence-electron chi connectivity index (χ0n) is 20.6. The van der Waals surface area contributed by atoms with Crippen molar-refractivity contribution in [2.75, 3.05) is 30.4 Å². The number of rotatable bonds is 11. The highest BCUT2D eigenvalue weighted by Crippen LogP contribution is 2.36. The molecule has 190 valence electrons. The van der Waals surface area contributed by atoms with Crippen LogP contribution in [0.25, 0.3) is 0 Å². The van der Waals surface area contributed by atoms with Crippen molar-refractivity contribution in [2.45, 2.75) is 46.2 Å². The first-order valence-electron chi connectivity index (χ1n) is 11.6. The number of nitrogens with zero attached hydrogens (tertiary/aromatic N) is 2. The zero-order valence-corrected chi connectivity index (χ0v) is 21.4. The molecular formula is C25H33N3O6S. The van der Waals surface area contributed by atoms with Crippen molar-refractivity contribution in [2.24, 2.45) is 0 Å². The molecule has 3 rings (SSSR count). The molecule has 1 N–H and O–H groups in total. The molecule has 0 aliphatic carbocycles. The van der Waals surface area contributed by atoms with Crippen LogP contribution in [0.5, 0.6) is 11.5 Å². The fraction of sp³-hybridized carbons (Fsp3) is 0.440. The van der Waals surface area contributed by atoms with Crippen molar-refractivity contribution in [3.63, 3.8) is 0 Å². The predicted molar refractivity (Wildman–Crippen MR) is 134 cm³/mol. The highest BCUT2D eigenvalue weighted by Gasteiger charge is 2.27. The third kappa shape index (κ3) is 6.66. The summed E-state index contributed by atoms with van der Waals surface area (Å²) in [5.41, 5.74) is 2.42. The molecule has 0 saturated carbocycles. The number of carbonyl (C=O) groups is 2. The van der Waals surface area contributed by atoms with Crippen LogP contribution in [0.15, 0.2) is 42.5 Å². The van der Waals surface area contributed by atoms with Gasteiger partial charge in [-0.15, -0.1) is 0 Å². The van der Waals surface area contributed by atoms with E-state index in [2.05, 4.69) is 5.32 Å². The van der Waals surface area contributed by atoms with Gasteiger partial charge in [-0.05, 0) is 50.5 Å². The fourth-order valence-electron chi connectivity index (χ4n) is 3.92. The number of hydrogen-bond acceptors (Lipinski definition) is 6. The van der Waals surface area contributed by atoms with Gasteiger partial charge in [-0.2, -0.15) is 0 Å². The van der Waals surface area contributed by atoms with E-state index in [1.54, 1.807) is 30.0 Å². The molecule has 2 aromatic rings. The first-order chi connectivity index (χ1) is 16.6. The fourth-order valence-corrected chi connectivity index (χ4v) is 4.88. The first kappa shape index (κ1) is 26.3. The third-order valence-corrected chi connectivity index (χ3v) is 7.11. The molecule has 2 amide bonds. The van der Waals surface area contributed by atoms with E-state index in [0.29, 0.717) is 30.3 Å². The number of fused-ring (bicyclic) bond motifs is 1. The number of sulfonamides is 1. The van der Waals surface area contributed by atoms with Crippen molar-refractivity contribution in [1.29, 1.82) is 0 Å². The normalized spacial score (nSPS) is 13.3. The highest BCUT2D eigenvalue weighted by atomic mass is 32.2. The third-order valence-electron chi connectivity index (χ3n) is 5.92. The van der Waals surface area contributed by atoms with Crippen LogP contribution in [0.4, 0.5) is 5.69 Å². The Morgan fingerprint density at radius 2 is 1.83 bits per heavy atom. The molecule has 0 unspecified atom stereocenters. The van der Waals surface area contributed by atoms with Gasteiger partial charge < -0.3 is 19.7 Å². The van der Waals surface area contributed by atoms with Crippen LogP contribution in [0.1, 0.15) is 37.8 Å². The van der Waals surface area contributed by atoms with Gasteiger partial charge in [0, 0.05) is 32.1 Å². The molecule has 2 aromatic carbocycles. The number of likely N-dealkylation sites (N-methyl/N-ethyl adjacent to an activating group) is 1. The molecule has 0 aromatic heterocycles. The van der Waals surface area contributed by atoms with Crippen LogP contribution < -0.4 is 19.1 Å². The Bertz CT molecular complexity index is 1170. The number of benzene rings is 2. The number of hydrogen-bond donors (Lipinski definition) is 1. The molecule has 9 nitrogen and oxygen atoms in total. The molecule has 10 heteroatoms. The lowest BCUT2D eigenvalue weighted by molar-refractivity contribution is -0.140. The number of amides is 2. The standard InChI is InChI=1S/C25H33N3O6S/c1-5-26-25(30)19(3)27(16-20-10-7-6-9-18(20)2)24(29)11-8-14-28(35(4,31)32)21-12-13-22-23(15-21)34-17-33-22/h6-7,9-10,12-13,15,19H,5,8,11,14,16-17H2,1-4H3,(H,26,30)/t19-/m1/s1. The second-order valence-corrected chi connectivity index (χ2v) is 10.4. The molecular weight excluding hydrogens is 470 g/mol. The molecule has 1 heterocycles. The van der Waals surface area contributed by atoms with Crippen molar-refractivity contribution < 1.29 is 27.5 Å². The van der Waals surface area contributed by atoms with E-state index in [1.165, 1.54) is 4.31 Å². The van der Waals surface area contributed by atoms with E-state index in [1.807, 2.05) is 38.1 Å². The highest BCUT2D eigenvalue weighted by molar-refractivity contribution is 7.92. The summed E-state index contributed by atoms with van der Waals surface area (Å²) in [4.78, 5) is 27.4. The van der Waals surface area contributed by atoms with Crippen LogP contribution in [0.3, 0.4) is 0 Å².